The molecule has 6 heteroatoms. The first-order valence-corrected chi connectivity index (χ1v) is 7.73. The Morgan fingerprint density at radius 3 is 2.25 bits per heavy atom. The molecule has 0 radical (unpaired) electrons. The number of benzene rings is 2. The molecule has 0 spiro atoms. The van der Waals surface area contributed by atoms with Crippen molar-refractivity contribution in [3.05, 3.63) is 42.5 Å². The van der Waals surface area contributed by atoms with Gasteiger partial charge in [-0.3, -0.25) is 9.59 Å². The molecule has 0 aliphatic carbocycles. The van der Waals surface area contributed by atoms with Crippen LogP contribution in [-0.4, -0.2) is 57.2 Å². The molecule has 2 aromatic rings. The number of hydrogen-bond donors (Lipinski definition) is 1. The maximum absolute atomic E-state index is 12.4. The van der Waals surface area contributed by atoms with E-state index in [1.165, 1.54) is 4.90 Å². The Hall–Kier alpha value is -2.44. The number of anilines is 1. The van der Waals surface area contributed by atoms with Crippen molar-refractivity contribution in [2.45, 2.75) is 0 Å². The highest BCUT2D eigenvalue weighted by Gasteiger charge is 2.22. The number of hydrogen-bond acceptors (Lipinski definition) is 4. The molecule has 0 aliphatic rings. The quantitative estimate of drug-likeness (QED) is 0.788. The zero-order valence-corrected chi connectivity index (χ0v) is 14.0. The Bertz CT molecular complexity index is 689. The van der Waals surface area contributed by atoms with Crippen LogP contribution >= 0.6 is 0 Å². The monoisotopic (exact) mass is 330 g/mol. The summed E-state index contributed by atoms with van der Waals surface area (Å²) in [5, 5.41) is 4.59. The number of fused-ring (bicyclic) bond motifs is 1. The molecule has 2 rings (SSSR count). The highest BCUT2D eigenvalue weighted by molar-refractivity contribution is 6.40. The molecular weight excluding hydrogens is 308 g/mol. The first-order valence-electron chi connectivity index (χ1n) is 7.73. The third-order valence-corrected chi connectivity index (χ3v) is 3.65. The van der Waals surface area contributed by atoms with Gasteiger partial charge in [0.1, 0.15) is 0 Å². The van der Waals surface area contributed by atoms with Gasteiger partial charge >= 0.3 is 11.8 Å². The van der Waals surface area contributed by atoms with E-state index >= 15 is 0 Å². The van der Waals surface area contributed by atoms with Gasteiger partial charge in [-0.1, -0.05) is 36.4 Å². The molecule has 0 fully saturated rings. The van der Waals surface area contributed by atoms with Crippen molar-refractivity contribution in [1.29, 1.82) is 0 Å². The van der Waals surface area contributed by atoms with E-state index in [0.29, 0.717) is 32.0 Å². The standard InChI is InChI=1S/C18H22N2O4/c1-23-12-10-20(11-13-24-2)18(22)17(21)19-16-9-5-7-14-6-3-4-8-15(14)16/h3-9H,10-13H2,1-2H3,(H,19,21). The smallest absolute Gasteiger partial charge is 0.313 e. The van der Waals surface area contributed by atoms with Gasteiger partial charge in [0.15, 0.2) is 0 Å². The van der Waals surface area contributed by atoms with Gasteiger partial charge in [0.25, 0.3) is 0 Å². The van der Waals surface area contributed by atoms with Crippen LogP contribution in [0.1, 0.15) is 0 Å². The highest BCUT2D eigenvalue weighted by atomic mass is 16.5. The van der Waals surface area contributed by atoms with Gasteiger partial charge in [-0.25, -0.2) is 0 Å². The van der Waals surface area contributed by atoms with Crippen molar-refractivity contribution in [2.24, 2.45) is 0 Å². The minimum atomic E-state index is -0.668. The van der Waals surface area contributed by atoms with Gasteiger partial charge in [-0.15, -0.1) is 0 Å². The average molecular weight is 330 g/mol. The molecule has 128 valence electrons. The first kappa shape index (κ1) is 17.9. The number of nitrogens with one attached hydrogen (secondary N) is 1. The Labute approximate surface area is 141 Å². The topological polar surface area (TPSA) is 67.9 Å². The molecule has 0 aliphatic heterocycles. The van der Waals surface area contributed by atoms with E-state index in [0.717, 1.165) is 10.8 Å². The zero-order valence-electron chi connectivity index (χ0n) is 14.0. The molecular formula is C18H22N2O4. The normalized spacial score (nSPS) is 10.6. The fourth-order valence-corrected chi connectivity index (χ4v) is 2.37. The Morgan fingerprint density at radius 2 is 1.58 bits per heavy atom. The van der Waals surface area contributed by atoms with Gasteiger partial charge in [0, 0.05) is 38.4 Å². The number of amides is 2. The van der Waals surface area contributed by atoms with Crippen LogP contribution in [0.5, 0.6) is 0 Å². The highest BCUT2D eigenvalue weighted by Crippen LogP contribution is 2.22. The summed E-state index contributed by atoms with van der Waals surface area (Å²) < 4.78 is 9.98. The summed E-state index contributed by atoms with van der Waals surface area (Å²) in [4.78, 5) is 26.2. The third-order valence-electron chi connectivity index (χ3n) is 3.65. The van der Waals surface area contributed by atoms with Gasteiger partial charge in [-0.2, -0.15) is 0 Å². The van der Waals surface area contributed by atoms with Crippen LogP contribution in [0.3, 0.4) is 0 Å². The average Bonchev–Trinajstić information content (AvgIpc) is 2.61. The molecule has 0 saturated heterocycles. The summed E-state index contributed by atoms with van der Waals surface area (Å²) in [5.74, 6) is -1.27. The van der Waals surface area contributed by atoms with Crippen LogP contribution in [0, 0.1) is 0 Å². The van der Waals surface area contributed by atoms with E-state index < -0.39 is 11.8 Å². The molecule has 1 N–H and O–H groups in total. The van der Waals surface area contributed by atoms with Crippen molar-refractivity contribution in [3.8, 4) is 0 Å². The summed E-state index contributed by atoms with van der Waals surface area (Å²) in [5.41, 5.74) is 0.616. The maximum Gasteiger partial charge on any atom is 0.313 e. The Kier molecular flexibility index (Phi) is 6.72. The largest absolute Gasteiger partial charge is 0.383 e. The second-order valence-electron chi connectivity index (χ2n) is 5.26. The number of carbonyl (C=O) groups excluding carboxylic acids is 2. The summed E-state index contributed by atoms with van der Waals surface area (Å²) >= 11 is 0. The van der Waals surface area contributed by atoms with E-state index in [2.05, 4.69) is 5.32 Å². The number of nitrogens with zero attached hydrogens (tertiary/aromatic N) is 1. The van der Waals surface area contributed by atoms with E-state index in [4.69, 9.17) is 9.47 Å². The summed E-state index contributed by atoms with van der Waals surface area (Å²) in [6.45, 7) is 1.39. The van der Waals surface area contributed by atoms with E-state index in [-0.39, 0.29) is 0 Å². The van der Waals surface area contributed by atoms with Crippen molar-refractivity contribution < 1.29 is 19.1 Å². The molecule has 0 atom stereocenters. The van der Waals surface area contributed by atoms with E-state index in [9.17, 15) is 9.59 Å². The van der Waals surface area contributed by atoms with Crippen LogP contribution < -0.4 is 5.32 Å². The summed E-state index contributed by atoms with van der Waals surface area (Å²) in [6, 6.07) is 13.3. The van der Waals surface area contributed by atoms with Crippen LogP contribution in [-0.2, 0) is 19.1 Å². The molecule has 2 amide bonds. The summed E-state index contributed by atoms with van der Waals surface area (Å²) in [7, 11) is 3.10. The fraction of sp³-hybridized carbons (Fsp3) is 0.333. The molecule has 6 nitrogen and oxygen atoms in total. The van der Waals surface area contributed by atoms with Gasteiger partial charge in [0.05, 0.1) is 13.2 Å². The van der Waals surface area contributed by atoms with E-state index in [1.807, 2.05) is 36.4 Å². The van der Waals surface area contributed by atoms with Crippen LogP contribution in [0.2, 0.25) is 0 Å². The molecule has 0 bridgehead atoms. The molecule has 0 aromatic heterocycles. The SMILES string of the molecule is COCCN(CCOC)C(=O)C(=O)Nc1cccc2ccccc12. The minimum absolute atomic E-state index is 0.335. The van der Waals surface area contributed by atoms with Gasteiger partial charge in [0.2, 0.25) is 0 Å². The van der Waals surface area contributed by atoms with Crippen LogP contribution in [0.15, 0.2) is 42.5 Å². The Morgan fingerprint density at radius 1 is 0.958 bits per heavy atom. The van der Waals surface area contributed by atoms with Crippen LogP contribution in [0.25, 0.3) is 10.8 Å². The third kappa shape index (κ3) is 4.53. The number of methoxy groups -OCH3 is 2. The first-order chi connectivity index (χ1) is 11.7. The molecule has 0 saturated carbocycles. The predicted octanol–water partition coefficient (Wildman–Crippen LogP) is 1.90. The van der Waals surface area contributed by atoms with Crippen molar-refractivity contribution in [3.63, 3.8) is 0 Å². The lowest BCUT2D eigenvalue weighted by atomic mass is 10.1. The number of carbonyl (C=O) groups is 2. The van der Waals surface area contributed by atoms with Crippen molar-refractivity contribution >= 4 is 28.3 Å². The van der Waals surface area contributed by atoms with E-state index in [1.54, 1.807) is 20.3 Å². The molecule has 0 unspecified atom stereocenters. The molecule has 2 aromatic carbocycles. The lowest BCUT2D eigenvalue weighted by Crippen LogP contribution is -2.43. The lowest BCUT2D eigenvalue weighted by molar-refractivity contribution is -0.144. The molecule has 0 heterocycles. The second kappa shape index (κ2) is 9.00. The lowest BCUT2D eigenvalue weighted by Gasteiger charge is -2.21. The maximum atomic E-state index is 12.4. The minimum Gasteiger partial charge on any atom is -0.383 e. The van der Waals surface area contributed by atoms with Crippen LogP contribution in [0.4, 0.5) is 5.69 Å². The number of rotatable bonds is 7. The van der Waals surface area contributed by atoms with Gasteiger partial charge in [-0.05, 0) is 11.5 Å². The zero-order chi connectivity index (χ0) is 17.4. The second-order valence-corrected chi connectivity index (χ2v) is 5.26. The Balaban J connectivity index is 2.12. The fourth-order valence-electron chi connectivity index (χ4n) is 2.37. The van der Waals surface area contributed by atoms with Crippen molar-refractivity contribution in [1.82, 2.24) is 4.90 Å². The summed E-state index contributed by atoms with van der Waals surface area (Å²) in [6.07, 6.45) is 0. The molecule has 24 heavy (non-hydrogen) atoms. The van der Waals surface area contributed by atoms with Gasteiger partial charge < -0.3 is 19.7 Å². The van der Waals surface area contributed by atoms with Crippen molar-refractivity contribution in [2.75, 3.05) is 45.8 Å². The number of ether oxygens (including phenoxy) is 2. The predicted molar refractivity (Wildman–Crippen MR) is 92.9 cm³/mol.